The minimum absolute atomic E-state index is 0.0359. The third kappa shape index (κ3) is 13.6. The molecule has 330 valence electrons. The first-order chi connectivity index (χ1) is 30.3. The minimum Gasteiger partial charge on any atom is -0.393 e. The molecule has 0 bridgehead atoms. The van der Waals surface area contributed by atoms with Crippen LogP contribution in [0.4, 0.5) is 16.0 Å². The average molecular weight is 867 g/mol. The number of anilines is 2. The van der Waals surface area contributed by atoms with E-state index in [0.29, 0.717) is 35.1 Å². The Bertz CT molecular complexity index is 2170. The number of halogens is 2. The molecule has 1 saturated carbocycles. The van der Waals surface area contributed by atoms with Gasteiger partial charge in [0.25, 0.3) is 0 Å². The van der Waals surface area contributed by atoms with Crippen LogP contribution in [0.2, 0.25) is 5.02 Å². The van der Waals surface area contributed by atoms with Gasteiger partial charge in [0.2, 0.25) is 17.8 Å². The van der Waals surface area contributed by atoms with E-state index in [0.717, 1.165) is 107 Å². The van der Waals surface area contributed by atoms with Crippen LogP contribution in [-0.2, 0) is 27.3 Å². The highest BCUT2D eigenvalue weighted by molar-refractivity contribution is 6.30. The van der Waals surface area contributed by atoms with Crippen molar-refractivity contribution in [2.45, 2.75) is 102 Å². The topological polar surface area (TPSA) is 136 Å². The van der Waals surface area contributed by atoms with Crippen LogP contribution < -0.4 is 10.6 Å². The van der Waals surface area contributed by atoms with Gasteiger partial charge in [0.15, 0.2) is 0 Å². The predicted molar refractivity (Wildman–Crippen MR) is 244 cm³/mol. The summed E-state index contributed by atoms with van der Waals surface area (Å²) in [7, 11) is 0. The van der Waals surface area contributed by atoms with Crippen molar-refractivity contribution < 1.29 is 23.8 Å². The number of piperidine rings is 1. The highest BCUT2D eigenvalue weighted by Crippen LogP contribution is 2.30. The largest absolute Gasteiger partial charge is 0.393 e. The summed E-state index contributed by atoms with van der Waals surface area (Å²) in [4.78, 5) is 40.9. The van der Waals surface area contributed by atoms with Gasteiger partial charge in [-0.3, -0.25) is 19.8 Å². The zero-order valence-corrected chi connectivity index (χ0v) is 36.5. The Morgan fingerprint density at radius 2 is 1.56 bits per heavy atom. The highest BCUT2D eigenvalue weighted by Gasteiger charge is 2.27. The van der Waals surface area contributed by atoms with Crippen molar-refractivity contribution in [1.29, 1.82) is 0 Å². The van der Waals surface area contributed by atoms with Crippen molar-refractivity contribution >= 4 is 46.1 Å². The molecule has 11 nitrogen and oxygen atoms in total. The number of rotatable bonds is 17. The van der Waals surface area contributed by atoms with Crippen molar-refractivity contribution in [3.05, 3.63) is 107 Å². The number of aliphatic hydroxyl groups is 1. The Labute approximate surface area is 369 Å². The molecule has 0 radical (unpaired) electrons. The summed E-state index contributed by atoms with van der Waals surface area (Å²) >= 11 is 5.98. The maximum absolute atomic E-state index is 13.7. The lowest BCUT2D eigenvalue weighted by Gasteiger charge is -2.34. The van der Waals surface area contributed by atoms with Gasteiger partial charge < -0.3 is 25.0 Å². The maximum atomic E-state index is 13.7. The number of unbranched alkanes of at least 4 members (excludes halogenated alkanes) is 3. The molecule has 3 aromatic carbocycles. The summed E-state index contributed by atoms with van der Waals surface area (Å²) in [5, 5.41) is 15.6. The number of nitrogens with one attached hydrogen (secondary N) is 3. The predicted octanol–water partition coefficient (Wildman–Crippen LogP) is 9.32. The third-order valence-corrected chi connectivity index (χ3v) is 12.4. The number of benzene rings is 3. The van der Waals surface area contributed by atoms with Gasteiger partial charge in [-0.25, -0.2) is 9.37 Å². The number of carbonyl (C=O) groups is 2. The van der Waals surface area contributed by atoms with Gasteiger partial charge in [-0.05, 0) is 91.9 Å². The first-order valence-electron chi connectivity index (χ1n) is 22.6. The molecule has 2 saturated heterocycles. The monoisotopic (exact) mass is 865 g/mol. The van der Waals surface area contributed by atoms with Gasteiger partial charge in [-0.15, -0.1) is 0 Å². The Morgan fingerprint density at radius 1 is 0.839 bits per heavy atom. The summed E-state index contributed by atoms with van der Waals surface area (Å²) < 4.78 is 19.6. The molecule has 2 amide bonds. The molecular formula is C49H61ClFN7O4. The maximum Gasteiger partial charge on any atom is 0.234 e. The van der Waals surface area contributed by atoms with E-state index >= 15 is 0 Å². The fourth-order valence-corrected chi connectivity index (χ4v) is 8.78. The molecule has 4 heterocycles. The normalized spacial score (nSPS) is 17.8. The molecule has 3 aliphatic rings. The molecule has 1 atom stereocenters. The molecule has 1 unspecified atom stereocenters. The lowest BCUT2D eigenvalue weighted by molar-refractivity contribution is -0.134. The molecule has 2 aromatic heterocycles. The van der Waals surface area contributed by atoms with Gasteiger partial charge in [0.05, 0.1) is 12.0 Å². The summed E-state index contributed by atoms with van der Waals surface area (Å²) in [5.41, 5.74) is 6.85. The average Bonchev–Trinajstić information content (AvgIpc) is 3.69. The number of ether oxygens (including phenoxy) is 1. The molecule has 5 aromatic rings. The standard InChI is InChI=1S/C43H49ClFN7O3.C6H12O/c44-34-24-35(45)26-36(25-34)48-43-47-28-39-38(27-46-41(39)50-43)33-13-9-31(10-14-33)29-52-20-18-51(19-21-52)17-3-1-2-4-22-55-23-5-6-30-7-11-32(12-8-30)37-15-16-40(53)49-42(37)54;7-6-4-2-1-3-5-6/h7-14,24-28,37H,1-6,15-23,29H2,(H,49,53,54)(H2,46,47,48,50);6-7H,1-5H2. The van der Waals surface area contributed by atoms with Gasteiger partial charge in [0.1, 0.15) is 11.5 Å². The fourth-order valence-electron chi connectivity index (χ4n) is 8.56. The van der Waals surface area contributed by atoms with E-state index in [1.54, 1.807) is 12.3 Å². The fraction of sp³-hybridized carbons (Fsp3) is 0.469. The number of fused-ring (bicyclic) bond motifs is 1. The number of carbonyl (C=O) groups excluding carboxylic acids is 2. The molecule has 3 fully saturated rings. The number of hydrogen-bond donors (Lipinski definition) is 4. The molecule has 4 N–H and O–H groups in total. The number of piperazine rings is 1. The van der Waals surface area contributed by atoms with Crippen LogP contribution >= 0.6 is 11.6 Å². The zero-order valence-electron chi connectivity index (χ0n) is 35.7. The molecule has 8 rings (SSSR count). The Morgan fingerprint density at radius 3 is 2.29 bits per heavy atom. The zero-order chi connectivity index (χ0) is 43.1. The summed E-state index contributed by atoms with van der Waals surface area (Å²) in [6.07, 6.45) is 17.3. The lowest BCUT2D eigenvalue weighted by Crippen LogP contribution is -2.46. The van der Waals surface area contributed by atoms with E-state index < -0.39 is 5.82 Å². The SMILES string of the molecule is O=C1CCC(c2ccc(CCCOCCCCCCN3CCN(Cc4ccc(-c5c[nH]c6nc(Nc7cc(F)cc(Cl)c7)ncc56)cc4)CC3)cc2)C(=O)N1.OC1CCCCC1. The second kappa shape index (κ2) is 23.1. The van der Waals surface area contributed by atoms with Crippen LogP contribution in [0.25, 0.3) is 22.2 Å². The first-order valence-corrected chi connectivity index (χ1v) is 22.9. The molecular weight excluding hydrogens is 805 g/mol. The van der Waals surface area contributed by atoms with Crippen molar-refractivity contribution in [3.63, 3.8) is 0 Å². The quantitative estimate of drug-likeness (QED) is 0.0533. The number of aryl methyl sites for hydroxylation is 1. The summed E-state index contributed by atoms with van der Waals surface area (Å²) in [6.45, 7) is 8.07. The van der Waals surface area contributed by atoms with Crippen molar-refractivity contribution in [2.24, 2.45) is 0 Å². The van der Waals surface area contributed by atoms with Gasteiger partial charge in [-0.1, -0.05) is 92.2 Å². The highest BCUT2D eigenvalue weighted by atomic mass is 35.5. The summed E-state index contributed by atoms with van der Waals surface area (Å²) in [6, 6.07) is 21.2. The van der Waals surface area contributed by atoms with Gasteiger partial charge in [-0.2, -0.15) is 4.98 Å². The lowest BCUT2D eigenvalue weighted by atomic mass is 9.90. The van der Waals surface area contributed by atoms with E-state index in [1.807, 2.05) is 18.3 Å². The van der Waals surface area contributed by atoms with Crippen LogP contribution in [0.15, 0.2) is 79.1 Å². The molecule has 0 spiro atoms. The number of aliphatic hydroxyl groups excluding tert-OH is 1. The van der Waals surface area contributed by atoms with Crippen molar-refractivity contribution in [2.75, 3.05) is 51.3 Å². The Kier molecular flexibility index (Phi) is 16.9. The molecule has 62 heavy (non-hydrogen) atoms. The Balaban J connectivity index is 0.000000752. The number of aromatic nitrogens is 3. The molecule has 1 aliphatic carbocycles. The number of aromatic amines is 1. The van der Waals surface area contributed by atoms with E-state index in [4.69, 9.17) is 21.4 Å². The second-order valence-electron chi connectivity index (χ2n) is 16.9. The second-order valence-corrected chi connectivity index (χ2v) is 17.4. The summed E-state index contributed by atoms with van der Waals surface area (Å²) in [5.74, 6) is -0.653. The van der Waals surface area contributed by atoms with E-state index in [-0.39, 0.29) is 23.8 Å². The van der Waals surface area contributed by atoms with Crippen LogP contribution in [0, 0.1) is 5.82 Å². The van der Waals surface area contributed by atoms with Gasteiger partial charge >= 0.3 is 0 Å². The number of amides is 2. The van der Waals surface area contributed by atoms with Crippen LogP contribution in [0.1, 0.15) is 99.7 Å². The van der Waals surface area contributed by atoms with Gasteiger partial charge in [0, 0.05) is 86.4 Å². The third-order valence-electron chi connectivity index (χ3n) is 12.1. The van der Waals surface area contributed by atoms with Crippen LogP contribution in [0.3, 0.4) is 0 Å². The van der Waals surface area contributed by atoms with Crippen molar-refractivity contribution in [1.82, 2.24) is 30.1 Å². The van der Waals surface area contributed by atoms with E-state index in [2.05, 4.69) is 71.8 Å². The number of nitrogens with zero attached hydrogens (tertiary/aromatic N) is 4. The molecule has 13 heteroatoms. The smallest absolute Gasteiger partial charge is 0.234 e. The first kappa shape index (κ1) is 45.3. The molecule has 2 aliphatic heterocycles. The minimum atomic E-state index is -0.426. The van der Waals surface area contributed by atoms with Crippen LogP contribution in [-0.4, -0.2) is 93.7 Å². The van der Waals surface area contributed by atoms with E-state index in [9.17, 15) is 14.0 Å². The van der Waals surface area contributed by atoms with Crippen molar-refractivity contribution in [3.8, 4) is 11.1 Å². The Hall–Kier alpha value is -4.72. The van der Waals surface area contributed by atoms with E-state index in [1.165, 1.54) is 61.8 Å². The number of imide groups is 1. The van der Waals surface area contributed by atoms with Crippen LogP contribution in [0.5, 0.6) is 0 Å². The number of H-pyrrole nitrogens is 1. The number of hydrogen-bond acceptors (Lipinski definition) is 9.